The lowest BCUT2D eigenvalue weighted by Crippen LogP contribution is -2.39. The summed E-state index contributed by atoms with van der Waals surface area (Å²) < 4.78 is 17.6. The van der Waals surface area contributed by atoms with Crippen molar-refractivity contribution in [1.82, 2.24) is 0 Å². The predicted molar refractivity (Wildman–Crippen MR) is 86.4 cm³/mol. The zero-order valence-corrected chi connectivity index (χ0v) is 13.0. The lowest BCUT2D eigenvalue weighted by atomic mass is 10.0. The summed E-state index contributed by atoms with van der Waals surface area (Å²) in [6, 6.07) is 13.3. The van der Waals surface area contributed by atoms with Gasteiger partial charge in [0.25, 0.3) is 0 Å². The number of hydrogen-bond donors (Lipinski definition) is 1. The van der Waals surface area contributed by atoms with E-state index in [0.717, 1.165) is 30.1 Å². The minimum absolute atomic E-state index is 0.554. The van der Waals surface area contributed by atoms with Gasteiger partial charge in [0.2, 0.25) is 5.79 Å². The number of nitrogen functional groups attached to an aromatic ring is 1. The minimum Gasteiger partial charge on any atom is -0.462 e. The fraction of sp³-hybridized carbons (Fsp3) is 0.333. The molecule has 4 heteroatoms. The number of fused-ring (bicyclic) bond motifs is 1. The van der Waals surface area contributed by atoms with Gasteiger partial charge in [0.1, 0.15) is 17.2 Å². The summed E-state index contributed by atoms with van der Waals surface area (Å²) in [5.41, 5.74) is 7.58. The maximum atomic E-state index is 6.04. The van der Waals surface area contributed by atoms with Crippen molar-refractivity contribution in [3.8, 4) is 17.2 Å². The third kappa shape index (κ3) is 3.17. The highest BCUT2D eigenvalue weighted by Gasteiger charge is 2.32. The van der Waals surface area contributed by atoms with E-state index in [2.05, 4.69) is 0 Å². The lowest BCUT2D eigenvalue weighted by Gasteiger charge is -2.35. The molecule has 4 nitrogen and oxygen atoms in total. The topological polar surface area (TPSA) is 53.7 Å². The van der Waals surface area contributed by atoms with Crippen LogP contribution in [0.1, 0.15) is 25.8 Å². The summed E-state index contributed by atoms with van der Waals surface area (Å²) >= 11 is 0. The fourth-order valence-electron chi connectivity index (χ4n) is 2.62. The Bertz CT molecular complexity index is 654. The first-order valence-corrected chi connectivity index (χ1v) is 7.57. The molecule has 22 heavy (non-hydrogen) atoms. The molecule has 1 heterocycles. The van der Waals surface area contributed by atoms with Gasteiger partial charge in [0, 0.05) is 31.7 Å². The van der Waals surface area contributed by atoms with Gasteiger partial charge in [0.05, 0.1) is 0 Å². The van der Waals surface area contributed by atoms with Crippen molar-refractivity contribution in [1.29, 1.82) is 0 Å². The third-order valence-corrected chi connectivity index (χ3v) is 3.78. The first-order chi connectivity index (χ1) is 10.6. The Labute approximate surface area is 130 Å². The van der Waals surface area contributed by atoms with E-state index in [1.165, 1.54) is 5.56 Å². The average Bonchev–Trinajstić information content (AvgIpc) is 2.49. The first kappa shape index (κ1) is 14.7. The molecule has 0 saturated heterocycles. The van der Waals surface area contributed by atoms with Gasteiger partial charge < -0.3 is 19.9 Å². The number of anilines is 1. The lowest BCUT2D eigenvalue weighted by molar-refractivity contribution is -0.176. The summed E-state index contributed by atoms with van der Waals surface area (Å²) in [7, 11) is 0. The van der Waals surface area contributed by atoms with Crippen molar-refractivity contribution in [2.24, 2.45) is 0 Å². The van der Waals surface area contributed by atoms with Crippen molar-refractivity contribution in [3.63, 3.8) is 0 Å². The van der Waals surface area contributed by atoms with E-state index in [1.807, 2.05) is 56.3 Å². The smallest absolute Gasteiger partial charge is 0.208 e. The molecule has 1 aliphatic rings. The van der Waals surface area contributed by atoms with Crippen LogP contribution in [-0.4, -0.2) is 12.4 Å². The highest BCUT2D eigenvalue weighted by Crippen LogP contribution is 2.37. The second-order valence-corrected chi connectivity index (χ2v) is 5.61. The molecule has 1 unspecified atom stereocenters. The van der Waals surface area contributed by atoms with Crippen LogP contribution >= 0.6 is 0 Å². The summed E-state index contributed by atoms with van der Waals surface area (Å²) in [6.07, 6.45) is 1.79. The quantitative estimate of drug-likeness (QED) is 0.862. The Morgan fingerprint density at radius 3 is 2.59 bits per heavy atom. The number of nitrogens with two attached hydrogens (primary N) is 1. The number of aryl methyl sites for hydroxylation is 1. The number of rotatable bonds is 4. The third-order valence-electron chi connectivity index (χ3n) is 3.78. The highest BCUT2D eigenvalue weighted by atomic mass is 16.7. The maximum absolute atomic E-state index is 6.04. The van der Waals surface area contributed by atoms with Gasteiger partial charge >= 0.3 is 0 Å². The van der Waals surface area contributed by atoms with Crippen LogP contribution in [0.5, 0.6) is 17.2 Å². The molecule has 0 amide bonds. The second-order valence-electron chi connectivity index (χ2n) is 5.61. The molecule has 3 rings (SSSR count). The standard InChI is InChI=1S/C18H21NO3/c1-3-20-18(2)11-10-13-4-7-16(12-17(13)22-18)21-15-8-5-14(19)6-9-15/h4-9,12H,3,10-11,19H2,1-2H3. The van der Waals surface area contributed by atoms with Crippen LogP contribution in [0.25, 0.3) is 0 Å². The molecule has 2 aromatic rings. The summed E-state index contributed by atoms with van der Waals surface area (Å²) in [5, 5.41) is 0. The number of ether oxygens (including phenoxy) is 3. The van der Waals surface area contributed by atoms with E-state index < -0.39 is 5.79 Å². The summed E-state index contributed by atoms with van der Waals surface area (Å²) in [6.45, 7) is 4.59. The van der Waals surface area contributed by atoms with Gasteiger partial charge in [-0.25, -0.2) is 0 Å². The molecule has 0 saturated carbocycles. The van der Waals surface area contributed by atoms with Crippen molar-refractivity contribution in [2.75, 3.05) is 12.3 Å². The SMILES string of the molecule is CCOC1(C)CCc2ccc(Oc3ccc(N)cc3)cc2O1. The van der Waals surface area contributed by atoms with Crippen LogP contribution < -0.4 is 15.2 Å². The fourth-order valence-corrected chi connectivity index (χ4v) is 2.62. The van der Waals surface area contributed by atoms with Crippen LogP contribution in [0, 0.1) is 0 Å². The molecule has 0 spiro atoms. The van der Waals surface area contributed by atoms with Crippen LogP contribution in [0.15, 0.2) is 42.5 Å². The first-order valence-electron chi connectivity index (χ1n) is 7.57. The molecule has 0 aliphatic carbocycles. The molecule has 2 N–H and O–H groups in total. The van der Waals surface area contributed by atoms with Crippen LogP contribution in [0.4, 0.5) is 5.69 Å². The molecule has 116 valence electrons. The van der Waals surface area contributed by atoms with E-state index in [1.54, 1.807) is 0 Å². The summed E-state index contributed by atoms with van der Waals surface area (Å²) in [4.78, 5) is 0. The molecule has 0 radical (unpaired) electrons. The Balaban J connectivity index is 1.80. The molecule has 2 aromatic carbocycles. The minimum atomic E-state index is -0.554. The van der Waals surface area contributed by atoms with E-state index in [4.69, 9.17) is 19.9 Å². The van der Waals surface area contributed by atoms with Crippen LogP contribution in [0.3, 0.4) is 0 Å². The molecule has 0 fully saturated rings. The molecule has 0 aromatic heterocycles. The van der Waals surface area contributed by atoms with Gasteiger partial charge in [0.15, 0.2) is 0 Å². The van der Waals surface area contributed by atoms with Crippen LogP contribution in [0.2, 0.25) is 0 Å². The zero-order chi connectivity index (χ0) is 15.6. The normalized spacial score (nSPS) is 20.1. The van der Waals surface area contributed by atoms with Crippen molar-refractivity contribution >= 4 is 5.69 Å². The van der Waals surface area contributed by atoms with Crippen molar-refractivity contribution in [3.05, 3.63) is 48.0 Å². The molecule has 1 atom stereocenters. The second kappa shape index (κ2) is 5.89. The molecular formula is C18H21NO3. The van der Waals surface area contributed by atoms with E-state index in [-0.39, 0.29) is 0 Å². The molecular weight excluding hydrogens is 278 g/mol. The van der Waals surface area contributed by atoms with Crippen molar-refractivity contribution in [2.45, 2.75) is 32.5 Å². The Morgan fingerprint density at radius 1 is 1.14 bits per heavy atom. The van der Waals surface area contributed by atoms with Crippen LogP contribution in [-0.2, 0) is 11.2 Å². The van der Waals surface area contributed by atoms with Gasteiger partial charge in [-0.1, -0.05) is 6.07 Å². The maximum Gasteiger partial charge on any atom is 0.208 e. The Kier molecular flexibility index (Phi) is 3.94. The van der Waals surface area contributed by atoms with E-state index in [0.29, 0.717) is 12.3 Å². The van der Waals surface area contributed by atoms with E-state index >= 15 is 0 Å². The number of hydrogen-bond acceptors (Lipinski definition) is 4. The Morgan fingerprint density at radius 2 is 1.86 bits per heavy atom. The van der Waals surface area contributed by atoms with Crippen molar-refractivity contribution < 1.29 is 14.2 Å². The summed E-state index contributed by atoms with van der Waals surface area (Å²) in [5.74, 6) is 1.76. The average molecular weight is 299 g/mol. The van der Waals surface area contributed by atoms with E-state index in [9.17, 15) is 0 Å². The number of benzene rings is 2. The Hall–Kier alpha value is -2.20. The highest BCUT2D eigenvalue weighted by molar-refractivity contribution is 5.46. The molecule has 0 bridgehead atoms. The van der Waals surface area contributed by atoms with Gasteiger partial charge in [-0.15, -0.1) is 0 Å². The molecule has 1 aliphatic heterocycles. The monoisotopic (exact) mass is 299 g/mol. The zero-order valence-electron chi connectivity index (χ0n) is 13.0. The van der Waals surface area contributed by atoms with Gasteiger partial charge in [-0.05, 0) is 49.2 Å². The largest absolute Gasteiger partial charge is 0.462 e. The van der Waals surface area contributed by atoms with Gasteiger partial charge in [-0.2, -0.15) is 0 Å². The predicted octanol–water partition coefficient (Wildman–Crippen LogP) is 4.14. The van der Waals surface area contributed by atoms with Gasteiger partial charge in [-0.3, -0.25) is 0 Å².